The Labute approximate surface area is 121 Å². The molecule has 1 amide bonds. The number of carbonyl (C=O) groups excluding carboxylic acids is 1. The Morgan fingerprint density at radius 1 is 1.45 bits per heavy atom. The Morgan fingerprint density at radius 3 is 2.90 bits per heavy atom. The first kappa shape index (κ1) is 13.7. The van der Waals surface area contributed by atoms with Gasteiger partial charge in [-0.2, -0.15) is 0 Å². The van der Waals surface area contributed by atoms with Crippen molar-refractivity contribution in [1.29, 1.82) is 0 Å². The second-order valence-corrected chi connectivity index (χ2v) is 6.58. The van der Waals surface area contributed by atoms with Gasteiger partial charge in [-0.1, -0.05) is 39.0 Å². The molecule has 1 N–H and O–H groups in total. The molecule has 1 aromatic rings. The van der Waals surface area contributed by atoms with Crippen molar-refractivity contribution < 1.29 is 4.79 Å². The number of nitrogens with one attached hydrogen (secondary N) is 1. The number of carbonyl (C=O) groups is 1. The van der Waals surface area contributed by atoms with Crippen LogP contribution in [0.2, 0.25) is 0 Å². The van der Waals surface area contributed by atoms with Gasteiger partial charge < -0.3 is 9.88 Å². The minimum Gasteiger partial charge on any atom is -0.351 e. The molecular formula is C16H25N3O. The molecule has 2 aliphatic carbocycles. The zero-order chi connectivity index (χ0) is 13.9. The maximum absolute atomic E-state index is 11.4. The summed E-state index contributed by atoms with van der Waals surface area (Å²) in [6.07, 6.45) is 12.6. The molecule has 3 atom stereocenters. The third-order valence-corrected chi connectivity index (χ3v) is 5.17. The molecule has 0 aromatic carbocycles. The number of rotatable bonds is 6. The molecular weight excluding hydrogens is 250 g/mol. The summed E-state index contributed by atoms with van der Waals surface area (Å²) < 4.78 is 0. The second-order valence-electron chi connectivity index (χ2n) is 6.58. The van der Waals surface area contributed by atoms with E-state index >= 15 is 0 Å². The minimum atomic E-state index is 0.377. The first-order valence-electron chi connectivity index (χ1n) is 7.99. The number of amides is 1. The zero-order valence-electron chi connectivity index (χ0n) is 12.3. The normalized spacial score (nSPS) is 28.1. The van der Waals surface area contributed by atoms with E-state index in [2.05, 4.69) is 16.9 Å². The van der Waals surface area contributed by atoms with E-state index in [9.17, 15) is 4.79 Å². The van der Waals surface area contributed by atoms with Gasteiger partial charge in [-0.15, -0.1) is 0 Å². The topological polar surface area (TPSA) is 49.0 Å². The van der Waals surface area contributed by atoms with Crippen LogP contribution in [0.3, 0.4) is 0 Å². The predicted octanol–water partition coefficient (Wildman–Crippen LogP) is 2.94. The third kappa shape index (κ3) is 2.89. The van der Waals surface area contributed by atoms with Crippen molar-refractivity contribution in [1.82, 2.24) is 14.9 Å². The smallest absolute Gasteiger partial charge is 0.209 e. The Kier molecular flexibility index (Phi) is 4.08. The molecule has 110 valence electrons. The molecule has 2 fully saturated rings. The number of imidazole rings is 1. The molecule has 3 unspecified atom stereocenters. The molecule has 0 aliphatic heterocycles. The summed E-state index contributed by atoms with van der Waals surface area (Å²) >= 11 is 0. The Hall–Kier alpha value is -1.32. The lowest BCUT2D eigenvalue weighted by Crippen LogP contribution is -2.33. The van der Waals surface area contributed by atoms with Gasteiger partial charge in [0.05, 0.1) is 12.0 Å². The van der Waals surface area contributed by atoms with Gasteiger partial charge in [0.1, 0.15) is 0 Å². The highest BCUT2D eigenvalue weighted by molar-refractivity contribution is 5.50. The van der Waals surface area contributed by atoms with Crippen LogP contribution in [0.25, 0.3) is 0 Å². The molecule has 20 heavy (non-hydrogen) atoms. The largest absolute Gasteiger partial charge is 0.351 e. The van der Waals surface area contributed by atoms with Gasteiger partial charge in [0, 0.05) is 24.7 Å². The maximum Gasteiger partial charge on any atom is 0.209 e. The summed E-state index contributed by atoms with van der Waals surface area (Å²) in [5, 5.41) is 0. The molecule has 4 heteroatoms. The molecule has 1 heterocycles. The lowest BCUT2D eigenvalue weighted by Gasteiger charge is -2.31. The van der Waals surface area contributed by atoms with Gasteiger partial charge in [-0.3, -0.25) is 4.79 Å². The van der Waals surface area contributed by atoms with Crippen LogP contribution in [0.5, 0.6) is 0 Å². The highest BCUT2D eigenvalue weighted by atomic mass is 16.1. The molecule has 0 saturated heterocycles. The number of H-pyrrole nitrogens is 1. The summed E-state index contributed by atoms with van der Waals surface area (Å²) in [4.78, 5) is 20.8. The van der Waals surface area contributed by atoms with Crippen LogP contribution in [0.4, 0.5) is 0 Å². The third-order valence-electron chi connectivity index (χ3n) is 5.17. The van der Waals surface area contributed by atoms with E-state index in [1.165, 1.54) is 32.1 Å². The van der Waals surface area contributed by atoms with Gasteiger partial charge in [-0.05, 0) is 18.3 Å². The van der Waals surface area contributed by atoms with E-state index in [-0.39, 0.29) is 0 Å². The minimum absolute atomic E-state index is 0.377. The SMILES string of the molecule is CC(CN(C=O)C1CC1c1c[nH]cn1)C1CCCCC1. The predicted molar refractivity (Wildman–Crippen MR) is 78.2 cm³/mol. The quantitative estimate of drug-likeness (QED) is 0.811. The molecule has 0 spiro atoms. The van der Waals surface area contributed by atoms with Crippen LogP contribution in [-0.2, 0) is 4.79 Å². The van der Waals surface area contributed by atoms with Gasteiger partial charge in [0.2, 0.25) is 6.41 Å². The first-order valence-corrected chi connectivity index (χ1v) is 7.99. The fourth-order valence-electron chi connectivity index (χ4n) is 3.78. The van der Waals surface area contributed by atoms with Gasteiger partial charge in [-0.25, -0.2) is 4.98 Å². The average molecular weight is 275 g/mol. The van der Waals surface area contributed by atoms with Gasteiger partial charge >= 0.3 is 0 Å². The van der Waals surface area contributed by atoms with Crippen molar-refractivity contribution in [3.8, 4) is 0 Å². The molecule has 2 aliphatic rings. The summed E-state index contributed by atoms with van der Waals surface area (Å²) in [6, 6.07) is 0.377. The van der Waals surface area contributed by atoms with Crippen molar-refractivity contribution in [2.75, 3.05) is 6.54 Å². The maximum atomic E-state index is 11.4. The van der Waals surface area contributed by atoms with Crippen molar-refractivity contribution in [3.05, 3.63) is 18.2 Å². The average Bonchev–Trinajstić information content (AvgIpc) is 3.09. The summed E-state index contributed by atoms with van der Waals surface area (Å²) in [7, 11) is 0. The number of hydrogen-bond acceptors (Lipinski definition) is 2. The molecule has 0 bridgehead atoms. The molecule has 2 saturated carbocycles. The highest BCUT2D eigenvalue weighted by Gasteiger charge is 2.44. The van der Waals surface area contributed by atoms with Crippen molar-refractivity contribution in [2.24, 2.45) is 11.8 Å². The van der Waals surface area contributed by atoms with Gasteiger partial charge in [0.25, 0.3) is 0 Å². The fraction of sp³-hybridized carbons (Fsp3) is 0.750. The van der Waals surface area contributed by atoms with E-state index in [0.29, 0.717) is 17.9 Å². The Morgan fingerprint density at radius 2 is 2.25 bits per heavy atom. The van der Waals surface area contributed by atoms with Crippen LogP contribution in [0.15, 0.2) is 12.5 Å². The lowest BCUT2D eigenvalue weighted by atomic mass is 9.80. The Balaban J connectivity index is 1.54. The summed E-state index contributed by atoms with van der Waals surface area (Å²) in [5.74, 6) is 1.89. The zero-order valence-corrected chi connectivity index (χ0v) is 12.3. The van der Waals surface area contributed by atoms with Crippen LogP contribution in [-0.4, -0.2) is 33.9 Å². The molecule has 1 aromatic heterocycles. The Bertz CT molecular complexity index is 425. The van der Waals surface area contributed by atoms with Crippen LogP contribution < -0.4 is 0 Å². The van der Waals surface area contributed by atoms with E-state index in [0.717, 1.165) is 31.0 Å². The van der Waals surface area contributed by atoms with E-state index in [4.69, 9.17) is 0 Å². The monoisotopic (exact) mass is 275 g/mol. The van der Waals surface area contributed by atoms with Crippen LogP contribution in [0, 0.1) is 11.8 Å². The van der Waals surface area contributed by atoms with Crippen molar-refractivity contribution in [2.45, 2.75) is 57.4 Å². The molecule has 4 nitrogen and oxygen atoms in total. The van der Waals surface area contributed by atoms with Crippen LogP contribution in [0.1, 0.15) is 57.1 Å². The van der Waals surface area contributed by atoms with E-state index in [1.807, 2.05) is 11.1 Å². The fourth-order valence-corrected chi connectivity index (χ4v) is 3.78. The van der Waals surface area contributed by atoms with Crippen molar-refractivity contribution >= 4 is 6.41 Å². The van der Waals surface area contributed by atoms with Gasteiger partial charge in [0.15, 0.2) is 0 Å². The lowest BCUT2D eigenvalue weighted by molar-refractivity contribution is -0.119. The first-order chi connectivity index (χ1) is 9.79. The number of aromatic nitrogens is 2. The second kappa shape index (κ2) is 5.98. The summed E-state index contributed by atoms with van der Waals surface area (Å²) in [5.41, 5.74) is 1.10. The van der Waals surface area contributed by atoms with E-state index < -0.39 is 0 Å². The molecule has 3 rings (SSSR count). The summed E-state index contributed by atoms with van der Waals surface area (Å²) in [6.45, 7) is 3.23. The number of nitrogens with zero attached hydrogens (tertiary/aromatic N) is 2. The highest BCUT2D eigenvalue weighted by Crippen LogP contribution is 2.44. The number of hydrogen-bond donors (Lipinski definition) is 1. The van der Waals surface area contributed by atoms with E-state index in [1.54, 1.807) is 6.33 Å². The van der Waals surface area contributed by atoms with Crippen LogP contribution >= 0.6 is 0 Å². The standard InChI is InChI=1S/C16H25N3O/c1-12(13-5-3-2-4-6-13)9-19(11-20)16-7-14(16)15-8-17-10-18-15/h8,10-14,16H,2-7,9H2,1H3,(H,17,18). The number of aromatic amines is 1. The van der Waals surface area contributed by atoms with Crippen molar-refractivity contribution in [3.63, 3.8) is 0 Å². The molecule has 0 radical (unpaired) electrons.